The first kappa shape index (κ1) is 25.5. The molecule has 1 spiro atoms. The van der Waals surface area contributed by atoms with Crippen LogP contribution in [0.15, 0.2) is 24.3 Å². The number of nitrogens with one attached hydrogen (secondary N) is 1. The number of rotatable bonds is 8. The highest BCUT2D eigenvalue weighted by Gasteiger charge is 2.54. The maximum absolute atomic E-state index is 13.9. The number of fused-ring (bicyclic) bond motifs is 3. The fourth-order valence-corrected chi connectivity index (χ4v) is 7.55. The highest BCUT2D eigenvalue weighted by atomic mass is 16.5. The van der Waals surface area contributed by atoms with Crippen molar-refractivity contribution < 1.29 is 14.3 Å². The van der Waals surface area contributed by atoms with Gasteiger partial charge in [0.05, 0.1) is 7.11 Å². The molecule has 1 N–H and O–H groups in total. The average molecular weight is 516 g/mol. The Morgan fingerprint density at radius 3 is 2.63 bits per heavy atom. The first-order valence-electron chi connectivity index (χ1n) is 14.7. The van der Waals surface area contributed by atoms with E-state index in [1.807, 2.05) is 17.0 Å². The average Bonchev–Trinajstić information content (AvgIpc) is 2.92. The first-order chi connectivity index (χ1) is 18.5. The van der Waals surface area contributed by atoms with Gasteiger partial charge in [-0.3, -0.25) is 14.5 Å². The monoisotopic (exact) mass is 515 g/mol. The molecule has 2 aromatic carbocycles. The van der Waals surface area contributed by atoms with Crippen molar-refractivity contribution in [2.45, 2.75) is 82.8 Å². The SMILES string of the molecule is CCCCN1C(=O)C(CC2CCC3CC2C3)NC(=O)C12CCN(Cc1c#cc3cc(OC)ccc3c1)CC2. The van der Waals surface area contributed by atoms with E-state index in [1.54, 1.807) is 7.11 Å². The molecule has 2 aromatic rings. The van der Waals surface area contributed by atoms with Crippen LogP contribution in [0.3, 0.4) is 0 Å². The van der Waals surface area contributed by atoms with E-state index in [4.69, 9.17) is 4.74 Å². The summed E-state index contributed by atoms with van der Waals surface area (Å²) in [4.78, 5) is 32.0. The first-order valence-corrected chi connectivity index (χ1v) is 14.7. The second-order valence-corrected chi connectivity index (χ2v) is 12.2. The number of hydrogen-bond acceptors (Lipinski definition) is 4. The van der Waals surface area contributed by atoms with Crippen LogP contribution in [-0.4, -0.2) is 59.9 Å². The number of likely N-dealkylation sites (tertiary alicyclic amines) is 1. The van der Waals surface area contributed by atoms with Gasteiger partial charge in [0, 0.05) is 37.1 Å². The Hall–Kier alpha value is -2.78. The molecule has 0 radical (unpaired) electrons. The number of carbonyl (C=O) groups is 2. The number of methoxy groups -OCH3 is 1. The normalized spacial score (nSPS) is 28.6. The number of benzene rings is 1. The Kier molecular flexibility index (Phi) is 6.99. The molecule has 2 bridgehead atoms. The molecule has 0 aromatic heterocycles. The van der Waals surface area contributed by atoms with Gasteiger partial charge >= 0.3 is 0 Å². The third kappa shape index (κ3) is 4.64. The lowest BCUT2D eigenvalue weighted by Gasteiger charge is -2.53. The zero-order valence-electron chi connectivity index (χ0n) is 22.9. The third-order valence-corrected chi connectivity index (χ3v) is 9.99. The molecule has 5 fully saturated rings. The van der Waals surface area contributed by atoms with Crippen LogP contribution in [0.25, 0.3) is 10.8 Å². The summed E-state index contributed by atoms with van der Waals surface area (Å²) in [5.74, 6) is 3.36. The molecule has 2 saturated heterocycles. The highest BCUT2D eigenvalue weighted by Crippen LogP contribution is 2.50. The molecule has 6 heteroatoms. The number of amides is 2. The van der Waals surface area contributed by atoms with Gasteiger partial charge in [0.2, 0.25) is 11.8 Å². The van der Waals surface area contributed by atoms with Crippen LogP contribution in [0.1, 0.15) is 70.3 Å². The topological polar surface area (TPSA) is 61.9 Å². The van der Waals surface area contributed by atoms with Crippen LogP contribution in [-0.2, 0) is 16.1 Å². The quantitative estimate of drug-likeness (QED) is 0.552. The second kappa shape index (κ2) is 10.4. The van der Waals surface area contributed by atoms with E-state index in [0.717, 1.165) is 72.8 Å². The molecular formula is C32H41N3O3. The molecular weight excluding hydrogens is 474 g/mol. The minimum absolute atomic E-state index is 0.0831. The van der Waals surface area contributed by atoms with Crippen molar-refractivity contribution in [1.82, 2.24) is 15.1 Å². The van der Waals surface area contributed by atoms with E-state index in [9.17, 15) is 9.59 Å². The van der Waals surface area contributed by atoms with Crippen LogP contribution in [0.4, 0.5) is 0 Å². The maximum atomic E-state index is 13.9. The number of hydrogen-bond donors (Lipinski definition) is 1. The highest BCUT2D eigenvalue weighted by molar-refractivity contribution is 6.00. The fourth-order valence-electron chi connectivity index (χ4n) is 7.55. The van der Waals surface area contributed by atoms with Crippen LogP contribution < -0.4 is 10.1 Å². The van der Waals surface area contributed by atoms with Gasteiger partial charge in [-0.15, -0.1) is 0 Å². The Labute approximate surface area is 227 Å². The summed E-state index contributed by atoms with van der Waals surface area (Å²) in [5, 5.41) is 5.36. The van der Waals surface area contributed by atoms with E-state index >= 15 is 0 Å². The van der Waals surface area contributed by atoms with E-state index in [1.165, 1.54) is 25.7 Å². The fraction of sp³-hybridized carbons (Fsp3) is 0.625. The number of ether oxygens (including phenoxy) is 1. The van der Waals surface area contributed by atoms with Gasteiger partial charge in [-0.25, -0.2) is 0 Å². The molecule has 202 valence electrons. The molecule has 7 rings (SSSR count). The Morgan fingerprint density at radius 1 is 1.11 bits per heavy atom. The predicted octanol–water partition coefficient (Wildman–Crippen LogP) is 4.74. The van der Waals surface area contributed by atoms with Crippen molar-refractivity contribution in [2.75, 3.05) is 26.7 Å². The predicted molar refractivity (Wildman–Crippen MR) is 148 cm³/mol. The maximum Gasteiger partial charge on any atom is 0.246 e. The van der Waals surface area contributed by atoms with Crippen LogP contribution in [0, 0.1) is 29.9 Å². The lowest BCUT2D eigenvalue weighted by Crippen LogP contribution is -2.73. The standard InChI is InChI=1S/C32H41N3O3/c1-3-4-13-35-30(36)29(20-26-7-5-22-16-27(26)17-22)33-31(37)32(35)11-14-34(15-12-32)21-23-6-8-25-19-28(38-2)10-9-24(25)18-23/h9-10,18-19,22,26-27,29H,3-5,7,11-17,20-21H2,1-2H3,(H,33,37). The summed E-state index contributed by atoms with van der Waals surface area (Å²) in [6.45, 7) is 5.19. The Morgan fingerprint density at radius 2 is 1.92 bits per heavy atom. The molecule has 38 heavy (non-hydrogen) atoms. The minimum atomic E-state index is -0.705. The van der Waals surface area contributed by atoms with Crippen molar-refractivity contribution in [3.8, 4) is 5.75 Å². The summed E-state index contributed by atoms with van der Waals surface area (Å²) < 4.78 is 5.33. The molecule has 3 aliphatic carbocycles. The second-order valence-electron chi connectivity index (χ2n) is 12.2. The van der Waals surface area contributed by atoms with Gasteiger partial charge in [-0.1, -0.05) is 38.0 Å². The van der Waals surface area contributed by atoms with Crippen molar-refractivity contribution in [2.24, 2.45) is 17.8 Å². The van der Waals surface area contributed by atoms with Crippen molar-refractivity contribution in [1.29, 1.82) is 0 Å². The third-order valence-electron chi connectivity index (χ3n) is 9.99. The smallest absolute Gasteiger partial charge is 0.246 e. The number of piperazine rings is 1. The van der Waals surface area contributed by atoms with E-state index in [-0.39, 0.29) is 17.9 Å². The molecule has 2 atom stereocenters. The molecule has 5 aliphatic rings. The van der Waals surface area contributed by atoms with Crippen molar-refractivity contribution in [3.63, 3.8) is 0 Å². The van der Waals surface area contributed by atoms with E-state index in [0.29, 0.717) is 25.3 Å². The molecule has 2 aliphatic heterocycles. The molecule has 2 amide bonds. The number of piperidine rings is 1. The molecule has 2 heterocycles. The Balaban J connectivity index is 1.13. The summed E-state index contributed by atoms with van der Waals surface area (Å²) in [7, 11) is 1.67. The summed E-state index contributed by atoms with van der Waals surface area (Å²) in [6, 6.07) is 14.4. The zero-order valence-corrected chi connectivity index (χ0v) is 22.9. The molecule has 3 saturated carbocycles. The number of unbranched alkanes of at least 4 members (excludes halogenated alkanes) is 1. The van der Waals surface area contributed by atoms with Gasteiger partial charge in [0.1, 0.15) is 17.3 Å². The summed E-state index contributed by atoms with van der Waals surface area (Å²) in [6.07, 6.45) is 9.34. The largest absolute Gasteiger partial charge is 0.497 e. The lowest BCUT2D eigenvalue weighted by molar-refractivity contribution is -0.162. The van der Waals surface area contributed by atoms with Gasteiger partial charge in [-0.2, -0.15) is 0 Å². The van der Waals surface area contributed by atoms with Crippen molar-refractivity contribution in [3.05, 3.63) is 42.0 Å². The van der Waals surface area contributed by atoms with Gasteiger partial charge in [-0.05, 0) is 86.3 Å². The van der Waals surface area contributed by atoms with E-state index < -0.39 is 5.54 Å². The lowest BCUT2D eigenvalue weighted by atomic mass is 9.59. The van der Waals surface area contributed by atoms with Gasteiger partial charge < -0.3 is 15.0 Å². The molecule has 2 unspecified atom stereocenters. The van der Waals surface area contributed by atoms with Gasteiger partial charge in [0.15, 0.2) is 0 Å². The van der Waals surface area contributed by atoms with Crippen LogP contribution in [0.2, 0.25) is 0 Å². The summed E-state index contributed by atoms with van der Waals surface area (Å²) in [5.41, 5.74) is 0.389. The summed E-state index contributed by atoms with van der Waals surface area (Å²) >= 11 is 0. The van der Waals surface area contributed by atoms with Crippen LogP contribution >= 0.6 is 0 Å². The minimum Gasteiger partial charge on any atom is -0.497 e. The van der Waals surface area contributed by atoms with Crippen molar-refractivity contribution >= 4 is 22.6 Å². The van der Waals surface area contributed by atoms with Gasteiger partial charge in [0.25, 0.3) is 0 Å². The zero-order chi connectivity index (χ0) is 26.3. The van der Waals surface area contributed by atoms with E-state index in [2.05, 4.69) is 41.4 Å². The molecule has 6 nitrogen and oxygen atoms in total. The number of carbonyl (C=O) groups excluding carboxylic acids is 2. The van der Waals surface area contributed by atoms with Crippen LogP contribution in [0.5, 0.6) is 5.75 Å². The number of nitrogens with zero attached hydrogens (tertiary/aromatic N) is 2. The Bertz CT molecular complexity index is 1180.